The third kappa shape index (κ3) is 3.96. The van der Waals surface area contributed by atoms with Crippen molar-refractivity contribution in [3.05, 3.63) is 0 Å². The molecule has 0 aromatic heterocycles. The lowest BCUT2D eigenvalue weighted by molar-refractivity contribution is 0.201. The summed E-state index contributed by atoms with van der Waals surface area (Å²) in [5, 5.41) is 0. The molecule has 0 aliphatic heterocycles. The second kappa shape index (κ2) is 7.44. The van der Waals surface area contributed by atoms with Gasteiger partial charge in [0.2, 0.25) is 0 Å². The van der Waals surface area contributed by atoms with Crippen LogP contribution in [0.3, 0.4) is 0 Å². The van der Waals surface area contributed by atoms with Gasteiger partial charge in [0.15, 0.2) is 0 Å². The minimum Gasteiger partial charge on any atom is -0.115 e. The molecular weight excluding hydrogens is 247 g/mol. The highest BCUT2D eigenvalue weighted by Gasteiger charge is 2.33. The van der Waals surface area contributed by atoms with Crippen LogP contribution < -0.4 is 0 Å². The van der Waals surface area contributed by atoms with Crippen molar-refractivity contribution >= 4 is 8.58 Å². The second-order valence-electron chi connectivity index (χ2n) is 7.45. The van der Waals surface area contributed by atoms with Crippen LogP contribution in [0.1, 0.15) is 89.9 Å². The van der Waals surface area contributed by atoms with E-state index in [9.17, 15) is 0 Å². The van der Waals surface area contributed by atoms with E-state index in [4.69, 9.17) is 0 Å². The van der Waals surface area contributed by atoms with Crippen molar-refractivity contribution in [1.82, 2.24) is 0 Å². The maximum absolute atomic E-state index is 1.59. The number of hydrogen-bond donors (Lipinski definition) is 0. The van der Waals surface area contributed by atoms with Crippen LogP contribution in [0.4, 0.5) is 0 Å². The molecule has 0 saturated heterocycles. The van der Waals surface area contributed by atoms with Gasteiger partial charge in [-0.2, -0.15) is 0 Å². The first-order chi connectivity index (χ1) is 9.43. The molecule has 3 saturated carbocycles. The van der Waals surface area contributed by atoms with Crippen LogP contribution in [-0.2, 0) is 0 Å². The molecule has 0 nitrogen and oxygen atoms in total. The highest BCUT2D eigenvalue weighted by molar-refractivity contribution is 7.39. The Bertz CT molecular complexity index is 250. The van der Waals surface area contributed by atoms with Crippen molar-refractivity contribution in [2.75, 3.05) is 0 Å². The molecule has 0 heterocycles. The summed E-state index contributed by atoms with van der Waals surface area (Å²) in [4.78, 5) is 0. The third-order valence-electron chi connectivity index (χ3n) is 6.13. The van der Waals surface area contributed by atoms with Crippen LogP contribution in [0, 0.1) is 11.8 Å². The summed E-state index contributed by atoms with van der Waals surface area (Å²) >= 11 is 0. The van der Waals surface area contributed by atoms with Crippen LogP contribution in [-0.4, -0.2) is 11.3 Å². The van der Waals surface area contributed by atoms with E-state index in [1.165, 1.54) is 21.4 Å². The summed E-state index contributed by atoms with van der Waals surface area (Å²) in [7, 11) is 1.34. The van der Waals surface area contributed by atoms with Gasteiger partial charge in [0.05, 0.1) is 0 Å². The summed E-state index contributed by atoms with van der Waals surface area (Å²) in [6.45, 7) is 0. The molecule has 1 heteroatoms. The van der Waals surface area contributed by atoms with E-state index in [1.54, 1.807) is 77.0 Å². The Kier molecular flexibility index (Phi) is 5.63. The number of hydrogen-bond acceptors (Lipinski definition) is 0. The predicted molar refractivity (Wildman–Crippen MR) is 87.5 cm³/mol. The smallest absolute Gasteiger partial charge is 0.0203 e. The average molecular weight is 280 g/mol. The molecule has 0 spiro atoms. The first-order valence-electron chi connectivity index (χ1n) is 9.19. The largest absolute Gasteiger partial charge is 0.115 e. The zero-order valence-corrected chi connectivity index (χ0v) is 13.7. The summed E-state index contributed by atoms with van der Waals surface area (Å²) in [5.41, 5.74) is 2.29. The zero-order chi connectivity index (χ0) is 12.9. The summed E-state index contributed by atoms with van der Waals surface area (Å²) in [6, 6.07) is 0. The van der Waals surface area contributed by atoms with E-state index in [0.29, 0.717) is 0 Å². The lowest BCUT2D eigenvalue weighted by Gasteiger charge is -2.41. The lowest BCUT2D eigenvalue weighted by Crippen LogP contribution is -2.31. The lowest BCUT2D eigenvalue weighted by atomic mass is 9.73. The molecule has 3 aliphatic carbocycles. The summed E-state index contributed by atoms with van der Waals surface area (Å²) in [6.07, 6.45) is 21.8. The first kappa shape index (κ1) is 14.4. The zero-order valence-electron chi connectivity index (χ0n) is 12.7. The van der Waals surface area contributed by atoms with E-state index < -0.39 is 0 Å². The maximum Gasteiger partial charge on any atom is -0.0203 e. The van der Waals surface area contributed by atoms with Gasteiger partial charge >= 0.3 is 0 Å². The molecule has 3 aliphatic rings. The fourth-order valence-corrected chi connectivity index (χ4v) is 7.47. The van der Waals surface area contributed by atoms with Gasteiger partial charge in [0.1, 0.15) is 0 Å². The quantitative estimate of drug-likeness (QED) is 0.545. The van der Waals surface area contributed by atoms with Crippen molar-refractivity contribution in [3.8, 4) is 0 Å². The summed E-state index contributed by atoms with van der Waals surface area (Å²) in [5.74, 6) is 2.28. The average Bonchev–Trinajstić information content (AvgIpc) is 2.50. The van der Waals surface area contributed by atoms with Gasteiger partial charge in [0.25, 0.3) is 0 Å². The third-order valence-corrected chi connectivity index (χ3v) is 8.32. The fraction of sp³-hybridized carbons (Fsp3) is 1.00. The van der Waals surface area contributed by atoms with E-state index in [1.807, 2.05) is 0 Å². The minimum absolute atomic E-state index is 1.13. The molecule has 0 amide bonds. The van der Waals surface area contributed by atoms with Gasteiger partial charge in [0, 0.05) is 0 Å². The first-order valence-corrected chi connectivity index (χ1v) is 10.3. The molecule has 19 heavy (non-hydrogen) atoms. The van der Waals surface area contributed by atoms with Gasteiger partial charge < -0.3 is 0 Å². The Morgan fingerprint density at radius 2 is 1.11 bits per heavy atom. The van der Waals surface area contributed by atoms with Gasteiger partial charge in [-0.3, -0.25) is 0 Å². The molecule has 3 atom stereocenters. The van der Waals surface area contributed by atoms with Crippen molar-refractivity contribution in [2.24, 2.45) is 11.8 Å². The highest BCUT2D eigenvalue weighted by atomic mass is 31.1. The molecule has 0 bridgehead atoms. The van der Waals surface area contributed by atoms with Gasteiger partial charge in [-0.1, -0.05) is 64.2 Å². The van der Waals surface area contributed by atoms with Crippen LogP contribution >= 0.6 is 8.58 Å². The minimum atomic E-state index is 1.13. The van der Waals surface area contributed by atoms with Crippen molar-refractivity contribution in [3.63, 3.8) is 0 Å². The SMILES string of the molecule is C1CCC(PC2CCCCC2C2CCCCC2)CC1. The van der Waals surface area contributed by atoms with Crippen LogP contribution in [0.25, 0.3) is 0 Å². The van der Waals surface area contributed by atoms with Gasteiger partial charge in [-0.25, -0.2) is 0 Å². The Labute approximate surface area is 122 Å². The van der Waals surface area contributed by atoms with Crippen molar-refractivity contribution in [2.45, 2.75) is 101 Å². The van der Waals surface area contributed by atoms with Crippen molar-refractivity contribution < 1.29 is 0 Å². The Hall–Kier alpha value is 0.430. The molecule has 0 aromatic rings. The normalized spacial score (nSPS) is 36.0. The molecule has 3 unspecified atom stereocenters. The molecule has 110 valence electrons. The second-order valence-corrected chi connectivity index (χ2v) is 9.35. The Balaban J connectivity index is 1.56. The monoisotopic (exact) mass is 280 g/mol. The van der Waals surface area contributed by atoms with Crippen LogP contribution in [0.2, 0.25) is 0 Å². The molecule has 3 fully saturated rings. The molecule has 0 aromatic carbocycles. The topological polar surface area (TPSA) is 0 Å². The fourth-order valence-electron chi connectivity index (χ4n) is 5.07. The van der Waals surface area contributed by atoms with Crippen molar-refractivity contribution in [1.29, 1.82) is 0 Å². The molecule has 0 N–H and O–H groups in total. The Morgan fingerprint density at radius 1 is 0.526 bits per heavy atom. The van der Waals surface area contributed by atoms with E-state index >= 15 is 0 Å². The molecular formula is C18H33P. The Morgan fingerprint density at radius 3 is 1.84 bits per heavy atom. The van der Waals surface area contributed by atoms with Crippen LogP contribution in [0.15, 0.2) is 0 Å². The van der Waals surface area contributed by atoms with Gasteiger partial charge in [-0.05, 0) is 48.8 Å². The predicted octanol–water partition coefficient (Wildman–Crippen LogP) is 6.14. The van der Waals surface area contributed by atoms with E-state index in [-0.39, 0.29) is 0 Å². The van der Waals surface area contributed by atoms with E-state index in [2.05, 4.69) is 0 Å². The van der Waals surface area contributed by atoms with Crippen LogP contribution in [0.5, 0.6) is 0 Å². The highest BCUT2D eigenvalue weighted by Crippen LogP contribution is 2.48. The standard InChI is InChI=1S/C18H33P/c1-3-9-15(10-4-1)17-13-7-8-14-18(17)19-16-11-5-2-6-12-16/h15-19H,1-14H2. The maximum atomic E-state index is 1.59. The van der Waals surface area contributed by atoms with Gasteiger partial charge in [-0.15, -0.1) is 8.58 Å². The van der Waals surface area contributed by atoms with E-state index in [0.717, 1.165) is 23.2 Å². The number of rotatable bonds is 3. The summed E-state index contributed by atoms with van der Waals surface area (Å²) < 4.78 is 0. The molecule has 3 rings (SSSR count). The molecule has 0 radical (unpaired) electrons.